The van der Waals surface area contributed by atoms with Crippen LogP contribution in [0, 0.1) is 17.3 Å². The first kappa shape index (κ1) is 15.3. The summed E-state index contributed by atoms with van der Waals surface area (Å²) in [6, 6.07) is 0. The van der Waals surface area contributed by atoms with Gasteiger partial charge in [-0.3, -0.25) is 9.59 Å². The zero-order chi connectivity index (χ0) is 14.6. The first-order valence-corrected chi connectivity index (χ1v) is 7.74. The van der Waals surface area contributed by atoms with E-state index in [4.69, 9.17) is 10.8 Å². The first-order chi connectivity index (χ1) is 9.54. The van der Waals surface area contributed by atoms with Gasteiger partial charge in [0.15, 0.2) is 0 Å². The van der Waals surface area contributed by atoms with Crippen molar-refractivity contribution in [2.45, 2.75) is 51.4 Å². The number of carbonyl (C=O) groups excluding carboxylic acids is 1. The van der Waals surface area contributed by atoms with Crippen molar-refractivity contribution in [3.8, 4) is 0 Å². The third kappa shape index (κ3) is 3.72. The summed E-state index contributed by atoms with van der Waals surface area (Å²) in [5.74, 6) is -0.319. The number of rotatable bonds is 6. The van der Waals surface area contributed by atoms with Crippen LogP contribution in [0.4, 0.5) is 0 Å². The van der Waals surface area contributed by atoms with Crippen LogP contribution >= 0.6 is 0 Å². The van der Waals surface area contributed by atoms with E-state index in [0.717, 1.165) is 38.5 Å². The van der Waals surface area contributed by atoms with E-state index in [1.165, 1.54) is 6.42 Å². The van der Waals surface area contributed by atoms with E-state index in [2.05, 4.69) is 5.32 Å². The molecule has 0 radical (unpaired) electrons. The molecule has 0 aromatic heterocycles. The van der Waals surface area contributed by atoms with Gasteiger partial charge in [0.2, 0.25) is 5.91 Å². The molecule has 0 unspecified atom stereocenters. The Kier molecular flexibility index (Phi) is 5.02. The van der Waals surface area contributed by atoms with Crippen molar-refractivity contribution in [1.29, 1.82) is 0 Å². The normalized spacial score (nSPS) is 28.4. The van der Waals surface area contributed by atoms with Gasteiger partial charge in [-0.25, -0.2) is 0 Å². The minimum Gasteiger partial charge on any atom is -0.481 e. The quantitative estimate of drug-likeness (QED) is 0.688. The molecule has 0 bridgehead atoms. The maximum absolute atomic E-state index is 12.0. The number of carbonyl (C=O) groups is 2. The molecule has 2 fully saturated rings. The number of aliphatic carboxylic acids is 1. The van der Waals surface area contributed by atoms with Crippen LogP contribution in [0.2, 0.25) is 0 Å². The fourth-order valence-electron chi connectivity index (χ4n) is 3.40. The van der Waals surface area contributed by atoms with Gasteiger partial charge < -0.3 is 16.2 Å². The molecule has 0 spiro atoms. The van der Waals surface area contributed by atoms with Gasteiger partial charge in [0, 0.05) is 13.0 Å². The average molecular weight is 282 g/mol. The Hall–Kier alpha value is -1.10. The predicted octanol–water partition coefficient (Wildman–Crippen LogP) is 1.51. The Morgan fingerprint density at radius 3 is 2.30 bits per heavy atom. The number of carboxylic acids is 1. The van der Waals surface area contributed by atoms with Crippen LogP contribution in [0.5, 0.6) is 0 Å². The molecule has 0 atom stereocenters. The van der Waals surface area contributed by atoms with E-state index in [9.17, 15) is 9.59 Å². The van der Waals surface area contributed by atoms with Crippen molar-refractivity contribution in [3.05, 3.63) is 0 Å². The Balaban J connectivity index is 1.66. The van der Waals surface area contributed by atoms with Gasteiger partial charge in [-0.2, -0.15) is 0 Å². The predicted molar refractivity (Wildman–Crippen MR) is 76.0 cm³/mol. The monoisotopic (exact) mass is 282 g/mol. The van der Waals surface area contributed by atoms with Crippen LogP contribution < -0.4 is 11.1 Å². The highest BCUT2D eigenvalue weighted by molar-refractivity contribution is 5.76. The molecule has 1 amide bonds. The lowest BCUT2D eigenvalue weighted by atomic mass is 9.66. The molecule has 0 heterocycles. The lowest BCUT2D eigenvalue weighted by Gasteiger charge is -2.40. The second kappa shape index (κ2) is 6.57. The zero-order valence-corrected chi connectivity index (χ0v) is 12.1. The van der Waals surface area contributed by atoms with Crippen LogP contribution in [0.25, 0.3) is 0 Å². The minimum absolute atomic E-state index is 0.0606. The van der Waals surface area contributed by atoms with Gasteiger partial charge in [-0.15, -0.1) is 0 Å². The smallest absolute Gasteiger partial charge is 0.306 e. The summed E-state index contributed by atoms with van der Waals surface area (Å²) in [7, 11) is 0. The molecule has 4 N–H and O–H groups in total. The third-order valence-electron chi connectivity index (χ3n) is 5.17. The van der Waals surface area contributed by atoms with Crippen molar-refractivity contribution in [1.82, 2.24) is 5.32 Å². The van der Waals surface area contributed by atoms with Crippen LogP contribution in [0.3, 0.4) is 0 Å². The van der Waals surface area contributed by atoms with Gasteiger partial charge in [0.25, 0.3) is 0 Å². The van der Waals surface area contributed by atoms with Crippen LogP contribution in [0.15, 0.2) is 0 Å². The van der Waals surface area contributed by atoms with E-state index in [-0.39, 0.29) is 17.2 Å². The molecule has 20 heavy (non-hydrogen) atoms. The molecule has 0 aromatic rings. The molecule has 5 heteroatoms. The number of hydrogen-bond acceptors (Lipinski definition) is 3. The Labute approximate surface area is 120 Å². The Morgan fingerprint density at radius 2 is 1.85 bits per heavy atom. The SMILES string of the molecule is NCC1(CC(=O)NCC2CCC(C(=O)O)CC2)CCC1. The highest BCUT2D eigenvalue weighted by atomic mass is 16.4. The molecule has 5 nitrogen and oxygen atoms in total. The van der Waals surface area contributed by atoms with Gasteiger partial charge in [0.1, 0.15) is 0 Å². The van der Waals surface area contributed by atoms with E-state index in [0.29, 0.717) is 25.4 Å². The average Bonchev–Trinajstić information content (AvgIpc) is 2.41. The Bertz CT molecular complexity index is 353. The third-order valence-corrected chi connectivity index (χ3v) is 5.17. The van der Waals surface area contributed by atoms with Gasteiger partial charge in [-0.05, 0) is 56.4 Å². The highest BCUT2D eigenvalue weighted by Crippen LogP contribution is 2.42. The summed E-state index contributed by atoms with van der Waals surface area (Å²) < 4.78 is 0. The largest absolute Gasteiger partial charge is 0.481 e. The van der Waals surface area contributed by atoms with Crippen molar-refractivity contribution in [3.63, 3.8) is 0 Å². The Morgan fingerprint density at radius 1 is 1.20 bits per heavy atom. The van der Waals surface area contributed by atoms with E-state index >= 15 is 0 Å². The summed E-state index contributed by atoms with van der Waals surface area (Å²) in [5.41, 5.74) is 5.82. The fourth-order valence-corrected chi connectivity index (χ4v) is 3.40. The second-order valence-electron chi connectivity index (χ2n) is 6.59. The molecule has 2 rings (SSSR count). The standard InChI is InChI=1S/C15H26N2O3/c16-10-15(6-1-7-15)8-13(18)17-9-11-2-4-12(5-3-11)14(19)20/h11-12H,1-10,16H2,(H,17,18)(H,19,20). The van der Waals surface area contributed by atoms with Gasteiger partial charge in [0.05, 0.1) is 5.92 Å². The van der Waals surface area contributed by atoms with Gasteiger partial charge in [-0.1, -0.05) is 6.42 Å². The van der Waals surface area contributed by atoms with Crippen molar-refractivity contribution in [2.24, 2.45) is 23.0 Å². The molecule has 0 saturated heterocycles. The molecule has 114 valence electrons. The molecular formula is C15H26N2O3. The van der Waals surface area contributed by atoms with Crippen LogP contribution in [0.1, 0.15) is 51.4 Å². The lowest BCUT2D eigenvalue weighted by molar-refractivity contribution is -0.143. The van der Waals surface area contributed by atoms with Crippen LogP contribution in [-0.4, -0.2) is 30.1 Å². The molecule has 2 aliphatic rings. The van der Waals surface area contributed by atoms with E-state index in [1.54, 1.807) is 0 Å². The zero-order valence-electron chi connectivity index (χ0n) is 12.1. The summed E-state index contributed by atoms with van der Waals surface area (Å²) in [6.45, 7) is 1.29. The summed E-state index contributed by atoms with van der Waals surface area (Å²) in [4.78, 5) is 22.8. The summed E-state index contributed by atoms with van der Waals surface area (Å²) in [5, 5.41) is 12.0. The highest BCUT2D eigenvalue weighted by Gasteiger charge is 2.37. The van der Waals surface area contributed by atoms with Crippen molar-refractivity contribution < 1.29 is 14.7 Å². The maximum Gasteiger partial charge on any atom is 0.306 e. The van der Waals surface area contributed by atoms with Gasteiger partial charge >= 0.3 is 5.97 Å². The molecule has 0 aliphatic heterocycles. The number of amides is 1. The fraction of sp³-hybridized carbons (Fsp3) is 0.867. The van der Waals surface area contributed by atoms with E-state index in [1.807, 2.05) is 0 Å². The second-order valence-corrected chi connectivity index (χ2v) is 6.59. The summed E-state index contributed by atoms with van der Waals surface area (Å²) in [6.07, 6.45) is 7.16. The molecule has 0 aromatic carbocycles. The molecular weight excluding hydrogens is 256 g/mol. The van der Waals surface area contributed by atoms with Crippen molar-refractivity contribution >= 4 is 11.9 Å². The van der Waals surface area contributed by atoms with Crippen LogP contribution in [-0.2, 0) is 9.59 Å². The minimum atomic E-state index is -0.678. The number of hydrogen-bond donors (Lipinski definition) is 3. The number of carboxylic acid groups (broad SMARTS) is 1. The number of nitrogens with one attached hydrogen (secondary N) is 1. The van der Waals surface area contributed by atoms with Crippen molar-refractivity contribution in [2.75, 3.05) is 13.1 Å². The summed E-state index contributed by atoms with van der Waals surface area (Å²) >= 11 is 0. The molecule has 2 aliphatic carbocycles. The topological polar surface area (TPSA) is 92.4 Å². The van der Waals surface area contributed by atoms with E-state index < -0.39 is 5.97 Å². The maximum atomic E-state index is 12.0. The number of nitrogens with two attached hydrogens (primary N) is 1. The molecule has 2 saturated carbocycles. The first-order valence-electron chi connectivity index (χ1n) is 7.74. The lowest BCUT2D eigenvalue weighted by Crippen LogP contribution is -2.43.